The van der Waals surface area contributed by atoms with Crippen molar-refractivity contribution in [2.75, 3.05) is 17.2 Å². The second-order valence-corrected chi connectivity index (χ2v) is 9.69. The average Bonchev–Trinajstić information content (AvgIpc) is 3.14. The van der Waals surface area contributed by atoms with Crippen LogP contribution in [0.15, 0.2) is 35.2 Å². The van der Waals surface area contributed by atoms with Crippen LogP contribution in [0.2, 0.25) is 0 Å². The van der Waals surface area contributed by atoms with E-state index in [0.717, 1.165) is 11.6 Å². The second-order valence-electron chi connectivity index (χ2n) is 7.87. The molecule has 3 rings (SSSR count). The zero-order valence-corrected chi connectivity index (χ0v) is 18.8. The number of aryl methyl sites for hydroxylation is 3. The molecular weight excluding hydrogens is 421 g/mol. The van der Waals surface area contributed by atoms with Crippen LogP contribution in [0, 0.1) is 26.6 Å². The van der Waals surface area contributed by atoms with Crippen molar-refractivity contribution in [1.29, 1.82) is 0 Å². The molecule has 0 aliphatic carbocycles. The summed E-state index contributed by atoms with van der Waals surface area (Å²) in [4.78, 5) is 24.4. The van der Waals surface area contributed by atoms with Gasteiger partial charge in [-0.2, -0.15) is 4.31 Å². The van der Waals surface area contributed by atoms with Crippen molar-refractivity contribution in [1.82, 2.24) is 4.31 Å². The molecule has 0 saturated carbocycles. The minimum Gasteiger partial charge on any atom is -0.325 e. The lowest BCUT2D eigenvalue weighted by atomic mass is 10.1. The van der Waals surface area contributed by atoms with Crippen LogP contribution in [-0.2, 0) is 19.6 Å². The number of hydrogen-bond donors (Lipinski definition) is 2. The zero-order chi connectivity index (χ0) is 22.9. The number of anilines is 2. The van der Waals surface area contributed by atoms with Crippen molar-refractivity contribution in [3.8, 4) is 0 Å². The highest BCUT2D eigenvalue weighted by atomic mass is 32.2. The molecule has 1 aliphatic rings. The van der Waals surface area contributed by atoms with E-state index >= 15 is 0 Å². The van der Waals surface area contributed by atoms with Gasteiger partial charge in [0.05, 0.1) is 10.6 Å². The van der Waals surface area contributed by atoms with Crippen molar-refractivity contribution in [2.45, 2.75) is 51.5 Å². The number of nitrogens with one attached hydrogen (secondary N) is 2. The maximum Gasteiger partial charge on any atom is 0.244 e. The van der Waals surface area contributed by atoms with Gasteiger partial charge in [-0.25, -0.2) is 12.8 Å². The van der Waals surface area contributed by atoms with E-state index in [4.69, 9.17) is 0 Å². The summed E-state index contributed by atoms with van der Waals surface area (Å²) >= 11 is 0. The molecule has 1 saturated heterocycles. The van der Waals surface area contributed by atoms with Gasteiger partial charge >= 0.3 is 0 Å². The van der Waals surface area contributed by atoms with Crippen molar-refractivity contribution in [3.63, 3.8) is 0 Å². The van der Waals surface area contributed by atoms with Gasteiger partial charge in [-0.1, -0.05) is 17.7 Å². The molecule has 1 heterocycles. The summed E-state index contributed by atoms with van der Waals surface area (Å²) in [6, 6.07) is 6.54. The molecule has 0 radical (unpaired) electrons. The van der Waals surface area contributed by atoms with Gasteiger partial charge in [0, 0.05) is 19.2 Å². The van der Waals surface area contributed by atoms with Gasteiger partial charge in [-0.3, -0.25) is 9.59 Å². The molecule has 0 spiro atoms. The Morgan fingerprint density at radius 2 is 1.71 bits per heavy atom. The summed E-state index contributed by atoms with van der Waals surface area (Å²) in [6.45, 7) is 6.90. The van der Waals surface area contributed by atoms with Crippen LogP contribution in [0.3, 0.4) is 0 Å². The molecule has 2 N–H and O–H groups in total. The average molecular weight is 448 g/mol. The fraction of sp³-hybridized carbons (Fsp3) is 0.364. The first-order valence-corrected chi connectivity index (χ1v) is 11.4. The topological polar surface area (TPSA) is 95.6 Å². The van der Waals surface area contributed by atoms with Gasteiger partial charge in [-0.05, 0) is 62.9 Å². The predicted octanol–water partition coefficient (Wildman–Crippen LogP) is 3.50. The Hall–Kier alpha value is -2.78. The Morgan fingerprint density at radius 3 is 2.32 bits per heavy atom. The maximum atomic E-state index is 13.9. The zero-order valence-electron chi connectivity index (χ0n) is 18.0. The summed E-state index contributed by atoms with van der Waals surface area (Å²) in [5.74, 6) is -1.58. The van der Waals surface area contributed by atoms with Gasteiger partial charge in [0.25, 0.3) is 0 Å². The molecular formula is C22H26FN3O4S. The van der Waals surface area contributed by atoms with E-state index in [1.807, 2.05) is 19.1 Å². The Kier molecular flexibility index (Phi) is 6.47. The van der Waals surface area contributed by atoms with E-state index in [9.17, 15) is 22.4 Å². The molecule has 1 fully saturated rings. The fourth-order valence-electron chi connectivity index (χ4n) is 4.09. The monoisotopic (exact) mass is 447 g/mol. The Bertz CT molecular complexity index is 1120. The molecule has 2 amide bonds. The molecule has 1 aliphatic heterocycles. The van der Waals surface area contributed by atoms with E-state index in [0.29, 0.717) is 24.0 Å². The highest BCUT2D eigenvalue weighted by Crippen LogP contribution is 2.31. The number of carbonyl (C=O) groups is 2. The molecule has 2 aromatic rings. The maximum absolute atomic E-state index is 13.9. The number of nitrogens with zero attached hydrogens (tertiary/aromatic N) is 1. The van der Waals surface area contributed by atoms with Gasteiger partial charge in [0.15, 0.2) is 0 Å². The summed E-state index contributed by atoms with van der Waals surface area (Å²) in [7, 11) is -3.88. The first kappa shape index (κ1) is 22.9. The number of sulfonamides is 1. The molecule has 7 nitrogen and oxygen atoms in total. The quantitative estimate of drug-likeness (QED) is 0.733. The fourth-order valence-corrected chi connectivity index (χ4v) is 6.17. The van der Waals surface area contributed by atoms with Crippen LogP contribution >= 0.6 is 0 Å². The number of rotatable bonds is 5. The van der Waals surface area contributed by atoms with Crippen LogP contribution in [0.25, 0.3) is 0 Å². The van der Waals surface area contributed by atoms with E-state index in [-0.39, 0.29) is 22.8 Å². The lowest BCUT2D eigenvalue weighted by molar-refractivity contribution is -0.119. The molecule has 0 aromatic heterocycles. The minimum absolute atomic E-state index is 0.0629. The van der Waals surface area contributed by atoms with E-state index < -0.39 is 33.7 Å². The van der Waals surface area contributed by atoms with Crippen molar-refractivity contribution >= 4 is 33.2 Å². The van der Waals surface area contributed by atoms with Crippen molar-refractivity contribution in [3.05, 3.63) is 52.8 Å². The molecule has 0 bridgehead atoms. The first-order valence-electron chi connectivity index (χ1n) is 9.98. The molecule has 1 atom stereocenters. The molecule has 2 aromatic carbocycles. The number of halogens is 1. The normalized spacial score (nSPS) is 16.9. The van der Waals surface area contributed by atoms with Gasteiger partial charge < -0.3 is 10.6 Å². The minimum atomic E-state index is -3.88. The second kappa shape index (κ2) is 8.76. The summed E-state index contributed by atoms with van der Waals surface area (Å²) in [5.41, 5.74) is 2.45. The van der Waals surface area contributed by atoms with E-state index in [2.05, 4.69) is 10.6 Å². The number of benzene rings is 2. The van der Waals surface area contributed by atoms with Crippen LogP contribution < -0.4 is 10.6 Å². The van der Waals surface area contributed by atoms with Crippen LogP contribution in [0.4, 0.5) is 15.8 Å². The third kappa shape index (κ3) is 4.77. The summed E-state index contributed by atoms with van der Waals surface area (Å²) in [6.07, 6.45) is 0.941. The van der Waals surface area contributed by atoms with Crippen LogP contribution in [0.1, 0.15) is 36.5 Å². The van der Waals surface area contributed by atoms with Crippen LogP contribution in [-0.4, -0.2) is 37.1 Å². The summed E-state index contributed by atoms with van der Waals surface area (Å²) in [5, 5.41) is 5.01. The highest BCUT2D eigenvalue weighted by Gasteiger charge is 2.40. The van der Waals surface area contributed by atoms with E-state index in [1.165, 1.54) is 23.4 Å². The van der Waals surface area contributed by atoms with Gasteiger partial charge in [0.1, 0.15) is 11.9 Å². The summed E-state index contributed by atoms with van der Waals surface area (Å²) < 4.78 is 42.0. The lowest BCUT2D eigenvalue weighted by Crippen LogP contribution is -2.43. The van der Waals surface area contributed by atoms with Crippen molar-refractivity contribution < 1.29 is 22.4 Å². The molecule has 1 unspecified atom stereocenters. The molecule has 166 valence electrons. The molecule has 9 heteroatoms. The third-order valence-electron chi connectivity index (χ3n) is 5.22. The number of hydrogen-bond acceptors (Lipinski definition) is 4. The van der Waals surface area contributed by atoms with Gasteiger partial charge in [0.2, 0.25) is 21.8 Å². The van der Waals surface area contributed by atoms with Gasteiger partial charge in [-0.15, -0.1) is 0 Å². The number of carbonyl (C=O) groups excluding carboxylic acids is 2. The van der Waals surface area contributed by atoms with Crippen LogP contribution in [0.5, 0.6) is 0 Å². The van der Waals surface area contributed by atoms with Crippen molar-refractivity contribution in [2.24, 2.45) is 0 Å². The lowest BCUT2D eigenvalue weighted by Gasteiger charge is -2.25. The van der Waals surface area contributed by atoms with E-state index in [1.54, 1.807) is 13.8 Å². The third-order valence-corrected chi connectivity index (χ3v) is 7.44. The number of amides is 2. The Morgan fingerprint density at radius 1 is 1.06 bits per heavy atom. The Balaban J connectivity index is 1.87. The smallest absolute Gasteiger partial charge is 0.244 e. The predicted molar refractivity (Wildman–Crippen MR) is 117 cm³/mol. The highest BCUT2D eigenvalue weighted by molar-refractivity contribution is 7.89. The first-order chi connectivity index (χ1) is 14.5. The standard InChI is InChI=1S/C22H26FN3O4S/c1-13-10-14(2)21(15(3)11-13)31(29,30)26-9-5-6-20(26)22(28)25-17-7-8-18(23)19(12-17)24-16(4)27/h7-8,10-12,20H,5-6,9H2,1-4H3,(H,24,27)(H,25,28). The Labute approximate surface area is 181 Å². The largest absolute Gasteiger partial charge is 0.325 e. The SMILES string of the molecule is CC(=O)Nc1cc(NC(=O)C2CCCN2S(=O)(=O)c2c(C)cc(C)cc2C)ccc1F. The molecule has 31 heavy (non-hydrogen) atoms.